The summed E-state index contributed by atoms with van der Waals surface area (Å²) in [5.41, 5.74) is 2.62. The molecule has 1 aliphatic carbocycles. The van der Waals surface area contributed by atoms with Crippen LogP contribution in [0.25, 0.3) is 0 Å². The van der Waals surface area contributed by atoms with E-state index in [2.05, 4.69) is 31.2 Å². The average molecular weight is 288 g/mol. The molecule has 116 valence electrons. The van der Waals surface area contributed by atoms with Crippen LogP contribution in [0, 0.1) is 11.8 Å². The highest BCUT2D eigenvalue weighted by atomic mass is 19.1. The van der Waals surface area contributed by atoms with Crippen molar-refractivity contribution in [3.63, 3.8) is 0 Å². The summed E-state index contributed by atoms with van der Waals surface area (Å²) in [6.45, 7) is 2.30. The van der Waals surface area contributed by atoms with Crippen molar-refractivity contribution >= 4 is 0 Å². The van der Waals surface area contributed by atoms with Crippen molar-refractivity contribution in [2.75, 3.05) is 0 Å². The first-order valence-corrected chi connectivity index (χ1v) is 8.64. The van der Waals surface area contributed by atoms with Crippen LogP contribution in [0.2, 0.25) is 0 Å². The van der Waals surface area contributed by atoms with Crippen LogP contribution in [-0.2, 0) is 12.8 Å². The molecule has 0 aliphatic heterocycles. The average Bonchev–Trinajstić information content (AvgIpc) is 2.53. The Kier molecular flexibility index (Phi) is 6.99. The van der Waals surface area contributed by atoms with E-state index < -0.39 is 0 Å². The van der Waals surface area contributed by atoms with Crippen LogP contribution >= 0.6 is 0 Å². The molecule has 1 aliphatic rings. The molecule has 21 heavy (non-hydrogen) atoms. The normalized spacial score (nSPS) is 22.8. The summed E-state index contributed by atoms with van der Waals surface area (Å²) >= 11 is 0. The number of hydrogen-bond acceptors (Lipinski definition) is 0. The van der Waals surface area contributed by atoms with Crippen LogP contribution in [0.1, 0.15) is 63.0 Å². The van der Waals surface area contributed by atoms with Gasteiger partial charge in [-0.05, 0) is 42.2 Å². The van der Waals surface area contributed by atoms with Crippen molar-refractivity contribution in [3.05, 3.63) is 47.8 Å². The third-order valence-corrected chi connectivity index (χ3v) is 4.97. The molecule has 1 fully saturated rings. The van der Waals surface area contributed by atoms with Gasteiger partial charge in [0.25, 0.3) is 0 Å². The van der Waals surface area contributed by atoms with Gasteiger partial charge in [-0.1, -0.05) is 75.8 Å². The van der Waals surface area contributed by atoms with E-state index in [0.717, 1.165) is 11.8 Å². The zero-order valence-corrected chi connectivity index (χ0v) is 13.4. The Morgan fingerprint density at radius 1 is 0.952 bits per heavy atom. The van der Waals surface area contributed by atoms with Crippen LogP contribution in [0.4, 0.5) is 4.39 Å². The van der Waals surface area contributed by atoms with E-state index in [1.807, 2.05) is 0 Å². The molecular weight excluding hydrogens is 259 g/mol. The second-order valence-corrected chi connectivity index (χ2v) is 6.60. The highest BCUT2D eigenvalue weighted by molar-refractivity contribution is 5.24. The first-order chi connectivity index (χ1) is 10.3. The van der Waals surface area contributed by atoms with Gasteiger partial charge in [0.1, 0.15) is 0 Å². The number of allylic oxidation sites excluding steroid dienone is 1. The quantitative estimate of drug-likeness (QED) is 0.556. The topological polar surface area (TPSA) is 0 Å². The van der Waals surface area contributed by atoms with E-state index >= 15 is 0 Å². The van der Waals surface area contributed by atoms with Crippen molar-refractivity contribution in [1.82, 2.24) is 0 Å². The Morgan fingerprint density at radius 3 is 2.10 bits per heavy atom. The van der Waals surface area contributed by atoms with Crippen LogP contribution in [0.15, 0.2) is 36.7 Å². The number of benzene rings is 1. The molecule has 0 amide bonds. The van der Waals surface area contributed by atoms with Crippen molar-refractivity contribution in [3.8, 4) is 0 Å². The van der Waals surface area contributed by atoms with Crippen LogP contribution in [-0.4, -0.2) is 0 Å². The van der Waals surface area contributed by atoms with Gasteiger partial charge in [0, 0.05) is 0 Å². The molecular formula is C20H29F. The second-order valence-electron chi connectivity index (χ2n) is 6.60. The lowest BCUT2D eigenvalue weighted by Crippen LogP contribution is -2.15. The zero-order chi connectivity index (χ0) is 14.9. The minimum Gasteiger partial charge on any atom is -0.216 e. The summed E-state index contributed by atoms with van der Waals surface area (Å²) in [5.74, 6) is 1.95. The molecule has 1 saturated carbocycles. The molecule has 0 atom stereocenters. The van der Waals surface area contributed by atoms with Gasteiger partial charge >= 0.3 is 0 Å². The number of hydrogen-bond donors (Lipinski definition) is 0. The summed E-state index contributed by atoms with van der Waals surface area (Å²) in [4.78, 5) is 0. The van der Waals surface area contributed by atoms with E-state index in [4.69, 9.17) is 0 Å². The maximum absolute atomic E-state index is 12.0. The standard InChI is InChI=1S/C20H29F/c1-2-4-17-6-10-19(11-7-17)14-15-20-12-8-18(9-13-20)5-3-16-21/h3,8-9,12-13,16-17,19H,2,4-7,10-11,14-15H2,1H3/b16-3+/t17-,19-. The molecule has 2 rings (SSSR count). The number of rotatable bonds is 7. The van der Waals surface area contributed by atoms with Gasteiger partial charge in [-0.3, -0.25) is 0 Å². The number of halogens is 1. The third-order valence-electron chi connectivity index (χ3n) is 4.97. The zero-order valence-electron chi connectivity index (χ0n) is 13.4. The Labute approximate surface area is 129 Å². The van der Waals surface area contributed by atoms with Gasteiger partial charge in [0.05, 0.1) is 6.33 Å². The van der Waals surface area contributed by atoms with Gasteiger partial charge in [-0.25, -0.2) is 4.39 Å². The molecule has 0 saturated heterocycles. The first-order valence-electron chi connectivity index (χ1n) is 8.64. The molecule has 1 aromatic rings. The van der Waals surface area contributed by atoms with E-state index in [1.54, 1.807) is 6.08 Å². The summed E-state index contributed by atoms with van der Waals surface area (Å²) in [7, 11) is 0. The fourth-order valence-corrected chi connectivity index (χ4v) is 3.61. The fraction of sp³-hybridized carbons (Fsp3) is 0.600. The van der Waals surface area contributed by atoms with Crippen molar-refractivity contribution in [1.29, 1.82) is 0 Å². The van der Waals surface area contributed by atoms with Crippen LogP contribution in [0.5, 0.6) is 0 Å². The molecule has 0 N–H and O–H groups in total. The maximum Gasteiger partial charge on any atom is 0.0830 e. The molecule has 0 bridgehead atoms. The molecule has 0 spiro atoms. The van der Waals surface area contributed by atoms with Crippen LogP contribution < -0.4 is 0 Å². The fourth-order valence-electron chi connectivity index (χ4n) is 3.61. The molecule has 0 aromatic heterocycles. The predicted octanol–water partition coefficient (Wildman–Crippen LogP) is 6.25. The molecule has 1 aromatic carbocycles. The molecule has 0 radical (unpaired) electrons. The molecule has 0 nitrogen and oxygen atoms in total. The third kappa shape index (κ3) is 5.65. The summed E-state index contributed by atoms with van der Waals surface area (Å²) in [5, 5.41) is 0. The lowest BCUT2D eigenvalue weighted by atomic mass is 9.78. The van der Waals surface area contributed by atoms with Gasteiger partial charge in [0.2, 0.25) is 0 Å². The second kappa shape index (κ2) is 9.02. The molecule has 1 heteroatoms. The monoisotopic (exact) mass is 288 g/mol. The Balaban J connectivity index is 1.71. The first kappa shape index (κ1) is 16.3. The SMILES string of the molecule is CCC[C@H]1CC[C@H](CCc2ccc(C/C=C/F)cc2)CC1. The van der Waals surface area contributed by atoms with Gasteiger partial charge < -0.3 is 0 Å². The molecule has 0 unspecified atom stereocenters. The van der Waals surface area contributed by atoms with E-state index in [0.29, 0.717) is 12.8 Å². The van der Waals surface area contributed by atoms with Gasteiger partial charge in [-0.2, -0.15) is 0 Å². The maximum atomic E-state index is 12.0. The summed E-state index contributed by atoms with van der Waals surface area (Å²) < 4.78 is 12.0. The minimum absolute atomic E-state index is 0.628. The predicted molar refractivity (Wildman–Crippen MR) is 89.1 cm³/mol. The molecule has 0 heterocycles. The largest absolute Gasteiger partial charge is 0.216 e. The summed E-state index contributed by atoms with van der Waals surface area (Å²) in [6, 6.07) is 8.69. The van der Waals surface area contributed by atoms with Crippen molar-refractivity contribution in [2.24, 2.45) is 11.8 Å². The highest BCUT2D eigenvalue weighted by Gasteiger charge is 2.20. The van der Waals surface area contributed by atoms with Gasteiger partial charge in [-0.15, -0.1) is 0 Å². The van der Waals surface area contributed by atoms with E-state index in [1.165, 1.54) is 62.5 Å². The minimum atomic E-state index is 0.628. The van der Waals surface area contributed by atoms with Crippen LogP contribution in [0.3, 0.4) is 0 Å². The summed E-state index contributed by atoms with van der Waals surface area (Å²) in [6.07, 6.45) is 14.0. The van der Waals surface area contributed by atoms with E-state index in [-0.39, 0.29) is 0 Å². The smallest absolute Gasteiger partial charge is 0.0830 e. The lowest BCUT2D eigenvalue weighted by molar-refractivity contribution is 0.252. The highest BCUT2D eigenvalue weighted by Crippen LogP contribution is 2.33. The Hall–Kier alpha value is -1.11. The number of aryl methyl sites for hydroxylation is 1. The lowest BCUT2D eigenvalue weighted by Gasteiger charge is -2.28. The van der Waals surface area contributed by atoms with Gasteiger partial charge in [0.15, 0.2) is 0 Å². The van der Waals surface area contributed by atoms with Crippen molar-refractivity contribution in [2.45, 2.75) is 64.7 Å². The Bertz CT molecular complexity index is 410. The van der Waals surface area contributed by atoms with Crippen molar-refractivity contribution < 1.29 is 4.39 Å². The Morgan fingerprint density at radius 2 is 1.52 bits per heavy atom. The van der Waals surface area contributed by atoms with E-state index in [9.17, 15) is 4.39 Å².